The Labute approximate surface area is 94.5 Å². The lowest BCUT2D eigenvalue weighted by Crippen LogP contribution is -2.43. The van der Waals surface area contributed by atoms with Crippen LogP contribution in [-0.4, -0.2) is 43.0 Å². The van der Waals surface area contributed by atoms with Gasteiger partial charge in [-0.2, -0.15) is 0 Å². The van der Waals surface area contributed by atoms with Gasteiger partial charge in [0.2, 0.25) is 0 Å². The zero-order chi connectivity index (χ0) is 11.5. The van der Waals surface area contributed by atoms with Crippen molar-refractivity contribution in [1.29, 1.82) is 0 Å². The number of hydrogen-bond donors (Lipinski definition) is 0. The molecule has 0 aromatic heterocycles. The summed E-state index contributed by atoms with van der Waals surface area (Å²) >= 11 is 0. The molecule has 1 saturated heterocycles. The highest BCUT2D eigenvalue weighted by molar-refractivity contribution is 5.17. The lowest BCUT2D eigenvalue weighted by molar-refractivity contribution is 0.148. The monoisotopic (exact) mass is 226 g/mol. The summed E-state index contributed by atoms with van der Waals surface area (Å²) in [7, 11) is 2.09. The number of likely N-dealkylation sites (N-methyl/N-ethyl adjacent to an activating group) is 1. The second-order valence-electron chi connectivity index (χ2n) is 4.33. The third-order valence-electron chi connectivity index (χ3n) is 2.99. The summed E-state index contributed by atoms with van der Waals surface area (Å²) in [6, 6.07) is 4.13. The van der Waals surface area contributed by atoms with Crippen molar-refractivity contribution >= 4 is 0 Å². The summed E-state index contributed by atoms with van der Waals surface area (Å²) in [4.78, 5) is 4.52. The molecule has 1 aromatic carbocycles. The Morgan fingerprint density at radius 3 is 2.38 bits per heavy atom. The maximum Gasteiger partial charge on any atom is 0.159 e. The molecule has 0 spiro atoms. The standard InChI is InChI=1S/C12H16F2N2/c1-15-4-6-16(7-5-15)9-10-2-3-11(13)12(14)8-10/h2-3,8H,4-7,9H2,1H3. The molecule has 88 valence electrons. The lowest BCUT2D eigenvalue weighted by atomic mass is 10.2. The molecule has 0 aliphatic carbocycles. The molecule has 0 saturated carbocycles. The van der Waals surface area contributed by atoms with Crippen molar-refractivity contribution in [3.8, 4) is 0 Å². The molecule has 4 heteroatoms. The first-order valence-corrected chi connectivity index (χ1v) is 5.50. The van der Waals surface area contributed by atoms with Crippen molar-refractivity contribution in [2.24, 2.45) is 0 Å². The first kappa shape index (κ1) is 11.5. The second-order valence-corrected chi connectivity index (χ2v) is 4.33. The number of rotatable bonds is 2. The fourth-order valence-corrected chi connectivity index (χ4v) is 1.90. The summed E-state index contributed by atoms with van der Waals surface area (Å²) in [5.41, 5.74) is 0.837. The first-order chi connectivity index (χ1) is 7.65. The SMILES string of the molecule is CN1CCN(Cc2ccc(F)c(F)c2)CC1. The fraction of sp³-hybridized carbons (Fsp3) is 0.500. The van der Waals surface area contributed by atoms with E-state index < -0.39 is 11.6 Å². The molecule has 1 fully saturated rings. The van der Waals surface area contributed by atoms with Crippen LogP contribution in [0.1, 0.15) is 5.56 Å². The molecular weight excluding hydrogens is 210 g/mol. The van der Waals surface area contributed by atoms with Crippen LogP contribution >= 0.6 is 0 Å². The van der Waals surface area contributed by atoms with E-state index in [2.05, 4.69) is 16.8 Å². The van der Waals surface area contributed by atoms with Crippen LogP contribution in [0.2, 0.25) is 0 Å². The van der Waals surface area contributed by atoms with Crippen LogP contribution in [0.15, 0.2) is 18.2 Å². The highest BCUT2D eigenvalue weighted by atomic mass is 19.2. The molecule has 0 N–H and O–H groups in total. The number of nitrogens with zero attached hydrogens (tertiary/aromatic N) is 2. The van der Waals surface area contributed by atoms with Crippen molar-refractivity contribution in [2.75, 3.05) is 33.2 Å². The Morgan fingerprint density at radius 1 is 1.06 bits per heavy atom. The number of halogens is 2. The Balaban J connectivity index is 1.96. The minimum Gasteiger partial charge on any atom is -0.304 e. The topological polar surface area (TPSA) is 6.48 Å². The molecule has 1 aromatic rings. The zero-order valence-electron chi connectivity index (χ0n) is 9.42. The van der Waals surface area contributed by atoms with Crippen LogP contribution in [0, 0.1) is 11.6 Å². The van der Waals surface area contributed by atoms with Crippen LogP contribution in [0.4, 0.5) is 8.78 Å². The quantitative estimate of drug-likeness (QED) is 0.757. The summed E-state index contributed by atoms with van der Waals surface area (Å²) in [6.07, 6.45) is 0. The van der Waals surface area contributed by atoms with E-state index in [-0.39, 0.29) is 0 Å². The molecule has 0 bridgehead atoms. The third kappa shape index (κ3) is 2.77. The number of piperazine rings is 1. The molecule has 1 aliphatic rings. The summed E-state index contributed by atoms with van der Waals surface area (Å²) < 4.78 is 25.7. The van der Waals surface area contributed by atoms with Gasteiger partial charge in [-0.05, 0) is 24.7 Å². The Kier molecular flexibility index (Phi) is 3.51. The van der Waals surface area contributed by atoms with E-state index in [4.69, 9.17) is 0 Å². The smallest absolute Gasteiger partial charge is 0.159 e. The highest BCUT2D eigenvalue weighted by Gasteiger charge is 2.14. The van der Waals surface area contributed by atoms with Gasteiger partial charge in [0.15, 0.2) is 11.6 Å². The van der Waals surface area contributed by atoms with Crippen molar-refractivity contribution < 1.29 is 8.78 Å². The summed E-state index contributed by atoms with van der Waals surface area (Å²) in [5.74, 6) is -1.53. The van der Waals surface area contributed by atoms with Gasteiger partial charge in [0.05, 0.1) is 0 Å². The Hall–Kier alpha value is -1.00. The van der Waals surface area contributed by atoms with E-state index in [1.807, 2.05) is 0 Å². The van der Waals surface area contributed by atoms with Gasteiger partial charge >= 0.3 is 0 Å². The van der Waals surface area contributed by atoms with Gasteiger partial charge in [0.1, 0.15) is 0 Å². The van der Waals surface area contributed by atoms with E-state index in [0.29, 0.717) is 6.54 Å². The summed E-state index contributed by atoms with van der Waals surface area (Å²) in [6.45, 7) is 4.73. The summed E-state index contributed by atoms with van der Waals surface area (Å²) in [5, 5.41) is 0. The molecule has 2 nitrogen and oxygen atoms in total. The Bertz CT molecular complexity index is 360. The lowest BCUT2D eigenvalue weighted by Gasteiger charge is -2.32. The van der Waals surface area contributed by atoms with E-state index >= 15 is 0 Å². The molecule has 16 heavy (non-hydrogen) atoms. The second kappa shape index (κ2) is 4.89. The van der Waals surface area contributed by atoms with E-state index in [0.717, 1.165) is 31.7 Å². The van der Waals surface area contributed by atoms with Crippen molar-refractivity contribution in [1.82, 2.24) is 9.80 Å². The molecule has 0 unspecified atom stereocenters. The van der Waals surface area contributed by atoms with Gasteiger partial charge in [-0.25, -0.2) is 8.78 Å². The van der Waals surface area contributed by atoms with E-state index in [1.54, 1.807) is 6.07 Å². The van der Waals surface area contributed by atoms with Gasteiger partial charge in [-0.3, -0.25) is 4.90 Å². The Morgan fingerprint density at radius 2 is 1.75 bits per heavy atom. The molecule has 0 amide bonds. The van der Waals surface area contributed by atoms with Crippen LogP contribution < -0.4 is 0 Å². The average molecular weight is 226 g/mol. The molecule has 2 rings (SSSR count). The minimum atomic E-state index is -0.776. The molecule has 1 heterocycles. The average Bonchev–Trinajstić information content (AvgIpc) is 2.27. The van der Waals surface area contributed by atoms with Crippen molar-refractivity contribution in [3.63, 3.8) is 0 Å². The first-order valence-electron chi connectivity index (χ1n) is 5.50. The largest absolute Gasteiger partial charge is 0.304 e. The van der Waals surface area contributed by atoms with Gasteiger partial charge < -0.3 is 4.90 Å². The highest BCUT2D eigenvalue weighted by Crippen LogP contribution is 2.12. The fourth-order valence-electron chi connectivity index (χ4n) is 1.90. The number of hydrogen-bond acceptors (Lipinski definition) is 2. The minimum absolute atomic E-state index is 0.699. The maximum atomic E-state index is 13.0. The maximum absolute atomic E-state index is 13.0. The van der Waals surface area contributed by atoms with Gasteiger partial charge in [-0.15, -0.1) is 0 Å². The predicted molar refractivity (Wildman–Crippen MR) is 59.1 cm³/mol. The zero-order valence-corrected chi connectivity index (χ0v) is 9.42. The van der Waals surface area contributed by atoms with E-state index in [1.165, 1.54) is 12.1 Å². The third-order valence-corrected chi connectivity index (χ3v) is 2.99. The van der Waals surface area contributed by atoms with Crippen LogP contribution in [0.25, 0.3) is 0 Å². The van der Waals surface area contributed by atoms with Crippen LogP contribution in [-0.2, 0) is 6.54 Å². The molecule has 0 radical (unpaired) electrons. The molecule has 0 atom stereocenters. The molecular formula is C12H16F2N2. The van der Waals surface area contributed by atoms with Gasteiger partial charge in [0.25, 0.3) is 0 Å². The predicted octanol–water partition coefficient (Wildman–Crippen LogP) is 1.71. The van der Waals surface area contributed by atoms with Gasteiger partial charge in [0, 0.05) is 32.7 Å². The molecule has 1 aliphatic heterocycles. The van der Waals surface area contributed by atoms with Crippen LogP contribution in [0.5, 0.6) is 0 Å². The van der Waals surface area contributed by atoms with Crippen molar-refractivity contribution in [2.45, 2.75) is 6.54 Å². The normalized spacial score (nSPS) is 18.9. The van der Waals surface area contributed by atoms with Crippen molar-refractivity contribution in [3.05, 3.63) is 35.4 Å². The van der Waals surface area contributed by atoms with Crippen LogP contribution in [0.3, 0.4) is 0 Å². The number of benzene rings is 1. The van der Waals surface area contributed by atoms with Gasteiger partial charge in [-0.1, -0.05) is 6.07 Å². The van der Waals surface area contributed by atoms with E-state index in [9.17, 15) is 8.78 Å².